The number of carboxylic acids is 1. The van der Waals surface area contributed by atoms with Gasteiger partial charge in [-0.2, -0.15) is 5.26 Å². The van der Waals surface area contributed by atoms with Crippen LogP contribution >= 0.6 is 0 Å². The van der Waals surface area contributed by atoms with Crippen molar-refractivity contribution in [2.24, 2.45) is 0 Å². The molecule has 13 nitrogen and oxygen atoms in total. The number of benzene rings is 2. The molecule has 35 heavy (non-hydrogen) atoms. The quantitative estimate of drug-likeness (QED) is 0.0727. The minimum Gasteiger partial charge on any atom is -0.504 e. The molecule has 13 heteroatoms. The zero-order valence-corrected chi connectivity index (χ0v) is 17.5. The lowest BCUT2D eigenvalue weighted by Crippen LogP contribution is -2.46. The molecule has 0 saturated heterocycles. The van der Waals surface area contributed by atoms with Crippen LogP contribution in [0.1, 0.15) is 11.1 Å². The molecular formula is C22H18O13. The molecule has 0 spiro atoms. The van der Waals surface area contributed by atoms with Gasteiger partial charge in [0.05, 0.1) is 0 Å². The highest BCUT2D eigenvalue weighted by atomic mass is 17.1. The van der Waals surface area contributed by atoms with E-state index in [-0.39, 0.29) is 11.1 Å². The maximum Gasteiger partial charge on any atom is 0.386 e. The van der Waals surface area contributed by atoms with Gasteiger partial charge in [0.25, 0.3) is 0 Å². The first kappa shape index (κ1) is 26.2. The van der Waals surface area contributed by atoms with Gasteiger partial charge in [-0.25, -0.2) is 19.2 Å². The van der Waals surface area contributed by atoms with Crippen molar-refractivity contribution in [2.45, 2.75) is 12.2 Å². The zero-order chi connectivity index (χ0) is 26.1. The zero-order valence-electron chi connectivity index (χ0n) is 17.5. The largest absolute Gasteiger partial charge is 0.504 e. The van der Waals surface area contributed by atoms with Crippen molar-refractivity contribution in [1.82, 2.24) is 0 Å². The van der Waals surface area contributed by atoms with E-state index < -0.39 is 59.1 Å². The highest BCUT2D eigenvalue weighted by Gasteiger charge is 2.41. The number of carbonyl (C=O) groups excluding carboxylic acids is 3. The van der Waals surface area contributed by atoms with E-state index >= 15 is 0 Å². The molecule has 2 rings (SSSR count). The number of aliphatic carboxylic acids is 1. The van der Waals surface area contributed by atoms with Gasteiger partial charge in [-0.15, -0.1) is 0 Å². The first-order chi connectivity index (χ1) is 16.5. The van der Waals surface area contributed by atoms with Gasteiger partial charge in [0.2, 0.25) is 12.2 Å². The van der Waals surface area contributed by atoms with E-state index in [9.17, 15) is 44.7 Å². The smallest absolute Gasteiger partial charge is 0.386 e. The molecule has 184 valence electrons. The fourth-order valence-corrected chi connectivity index (χ4v) is 2.47. The van der Waals surface area contributed by atoms with Crippen LogP contribution < -0.4 is 0 Å². The molecule has 0 radical (unpaired) electrons. The van der Waals surface area contributed by atoms with Crippen LogP contribution in [0.5, 0.6) is 23.0 Å². The second kappa shape index (κ2) is 11.7. The van der Waals surface area contributed by atoms with Gasteiger partial charge < -0.3 is 35.0 Å². The number of esters is 2. The predicted molar refractivity (Wildman–Crippen MR) is 114 cm³/mol. The molecule has 0 amide bonds. The number of hydrogen-bond donors (Lipinski definition) is 6. The molecular weight excluding hydrogens is 472 g/mol. The molecule has 0 aromatic heterocycles. The topological polar surface area (TPSA) is 217 Å². The molecule has 0 saturated carbocycles. The maximum atomic E-state index is 12.1. The SMILES string of the molecule is O=C(/C=C/c1ccc(O)c(O)c1)O[C@H](C(=O)O)[C@H](OC(=O)/C=C/c1ccc(O)c(O)c1)C(=O)OO. The fourth-order valence-electron chi connectivity index (χ4n) is 2.47. The van der Waals surface area contributed by atoms with E-state index in [1.807, 2.05) is 0 Å². The van der Waals surface area contributed by atoms with Crippen molar-refractivity contribution in [3.05, 3.63) is 59.7 Å². The number of ether oxygens (including phenoxy) is 2. The third-order valence-corrected chi connectivity index (χ3v) is 4.15. The fraction of sp³-hybridized carbons (Fsp3) is 0.0909. The number of phenolic OH excluding ortho intramolecular Hbond substituents is 4. The van der Waals surface area contributed by atoms with Gasteiger partial charge in [-0.05, 0) is 47.5 Å². The van der Waals surface area contributed by atoms with Crippen molar-refractivity contribution in [3.63, 3.8) is 0 Å². The van der Waals surface area contributed by atoms with Crippen LogP contribution in [0.3, 0.4) is 0 Å². The summed E-state index contributed by atoms with van der Waals surface area (Å²) in [7, 11) is 0. The first-order valence-electron chi connectivity index (χ1n) is 9.41. The lowest BCUT2D eigenvalue weighted by molar-refractivity contribution is -0.248. The summed E-state index contributed by atoms with van der Waals surface area (Å²) in [5.41, 5.74) is 0.428. The van der Waals surface area contributed by atoms with Crippen molar-refractivity contribution in [3.8, 4) is 23.0 Å². The van der Waals surface area contributed by atoms with Crippen molar-refractivity contribution in [1.29, 1.82) is 0 Å². The van der Waals surface area contributed by atoms with Crippen LogP contribution in [-0.2, 0) is 33.5 Å². The standard InChI is InChI=1S/C22H18O13/c23-13-5-1-11(9-15(13)25)3-7-17(27)33-19(21(29)30)20(22(31)35-32)34-18(28)8-4-12-2-6-14(24)16(26)10-12/h1-10,19-20,23-26,32H,(H,29,30)/b7-3+,8-4+/t19-,20-/m0/s1. The summed E-state index contributed by atoms with van der Waals surface area (Å²) in [4.78, 5) is 51.0. The van der Waals surface area contributed by atoms with E-state index in [0.29, 0.717) is 0 Å². The average Bonchev–Trinajstić information content (AvgIpc) is 2.82. The van der Waals surface area contributed by atoms with Gasteiger partial charge in [-0.1, -0.05) is 12.1 Å². The summed E-state index contributed by atoms with van der Waals surface area (Å²) in [5, 5.41) is 55.4. The van der Waals surface area contributed by atoms with Crippen molar-refractivity contribution in [2.75, 3.05) is 0 Å². The van der Waals surface area contributed by atoms with E-state index in [1.165, 1.54) is 12.1 Å². The molecule has 0 fully saturated rings. The molecule has 0 aliphatic heterocycles. The summed E-state index contributed by atoms with van der Waals surface area (Å²) in [6, 6.07) is 7.03. The lowest BCUT2D eigenvalue weighted by atomic mass is 10.2. The van der Waals surface area contributed by atoms with Crippen LogP contribution in [0.2, 0.25) is 0 Å². The molecule has 0 bridgehead atoms. The normalized spacial score (nSPS) is 12.7. The Morgan fingerprint density at radius 2 is 1.11 bits per heavy atom. The minimum absolute atomic E-state index is 0.213. The van der Waals surface area contributed by atoms with Crippen LogP contribution in [0.15, 0.2) is 48.6 Å². The minimum atomic E-state index is -2.44. The number of rotatable bonds is 9. The Morgan fingerprint density at radius 3 is 1.49 bits per heavy atom. The summed E-state index contributed by atoms with van der Waals surface area (Å²) in [6.45, 7) is 0. The maximum absolute atomic E-state index is 12.1. The number of phenols is 4. The molecule has 6 N–H and O–H groups in total. The molecule has 0 unspecified atom stereocenters. The van der Waals surface area contributed by atoms with Crippen LogP contribution in [0.25, 0.3) is 12.2 Å². The Balaban J connectivity index is 2.16. The Hall–Kier alpha value is -5.04. The Bertz CT molecular complexity index is 1180. The predicted octanol–water partition coefficient (Wildman–Crippen LogP) is 1.16. The number of carboxylic acid groups (broad SMARTS) is 1. The molecule has 0 heterocycles. The van der Waals surface area contributed by atoms with Crippen LogP contribution in [0, 0.1) is 0 Å². The van der Waals surface area contributed by atoms with Crippen LogP contribution in [-0.4, -0.2) is 66.9 Å². The van der Waals surface area contributed by atoms with Gasteiger partial charge >= 0.3 is 23.9 Å². The van der Waals surface area contributed by atoms with Crippen LogP contribution in [0.4, 0.5) is 0 Å². The molecule has 0 aliphatic carbocycles. The Kier molecular flexibility index (Phi) is 8.77. The summed E-state index contributed by atoms with van der Waals surface area (Å²) < 4.78 is 9.33. The summed E-state index contributed by atoms with van der Waals surface area (Å²) in [5.74, 6) is -8.13. The van der Waals surface area contributed by atoms with Gasteiger partial charge in [0, 0.05) is 12.2 Å². The molecule has 2 atom stereocenters. The second-order valence-electron chi connectivity index (χ2n) is 6.63. The monoisotopic (exact) mass is 490 g/mol. The summed E-state index contributed by atoms with van der Waals surface area (Å²) >= 11 is 0. The molecule has 0 aliphatic rings. The van der Waals surface area contributed by atoms with E-state index in [2.05, 4.69) is 14.4 Å². The van der Waals surface area contributed by atoms with Gasteiger partial charge in [0.1, 0.15) is 0 Å². The van der Waals surface area contributed by atoms with Crippen molar-refractivity contribution >= 4 is 36.0 Å². The number of aromatic hydroxyl groups is 4. The van der Waals surface area contributed by atoms with E-state index in [1.54, 1.807) is 0 Å². The summed E-state index contributed by atoms with van der Waals surface area (Å²) in [6.07, 6.45) is -1.24. The molecule has 2 aromatic rings. The average molecular weight is 490 g/mol. The second-order valence-corrected chi connectivity index (χ2v) is 6.63. The van der Waals surface area contributed by atoms with Gasteiger partial charge in [0.15, 0.2) is 23.0 Å². The third-order valence-electron chi connectivity index (χ3n) is 4.15. The highest BCUT2D eigenvalue weighted by molar-refractivity contribution is 5.94. The first-order valence-corrected chi connectivity index (χ1v) is 9.41. The highest BCUT2D eigenvalue weighted by Crippen LogP contribution is 2.26. The Labute approximate surface area is 195 Å². The van der Waals surface area contributed by atoms with E-state index in [0.717, 1.165) is 48.6 Å². The lowest BCUT2D eigenvalue weighted by Gasteiger charge is -2.20. The number of carbonyl (C=O) groups is 4. The van der Waals surface area contributed by atoms with Crippen molar-refractivity contribution < 1.29 is 64.3 Å². The van der Waals surface area contributed by atoms with Gasteiger partial charge in [-0.3, -0.25) is 4.89 Å². The third kappa shape index (κ3) is 7.50. The number of hydrogen-bond acceptors (Lipinski definition) is 12. The Morgan fingerprint density at radius 1 is 0.686 bits per heavy atom. The van der Waals surface area contributed by atoms with E-state index in [4.69, 9.17) is 5.26 Å². The molecule has 2 aromatic carbocycles.